The highest BCUT2D eigenvalue weighted by Crippen LogP contribution is 2.40. The fraction of sp³-hybridized carbons (Fsp3) is 0.333. The molecule has 1 aliphatic heterocycles. The number of para-hydroxylation sites is 1. The number of nitrogens with one attached hydrogen (secondary N) is 2. The van der Waals surface area contributed by atoms with Gasteiger partial charge in [-0.1, -0.05) is 24.3 Å². The summed E-state index contributed by atoms with van der Waals surface area (Å²) < 4.78 is 12.0. The van der Waals surface area contributed by atoms with E-state index in [-0.39, 0.29) is 18.6 Å². The van der Waals surface area contributed by atoms with E-state index in [1.54, 1.807) is 7.11 Å². The number of hydrogen-bond donors (Lipinski definition) is 3. The maximum atomic E-state index is 13.2. The van der Waals surface area contributed by atoms with Crippen LogP contribution in [0.15, 0.2) is 47.8 Å². The SMILES string of the molecule is COc1c(OCCCN2CCCC2CO)ccc(/C=C/c2n[nH]c3ccccc23)c1NC(=O)c1sccc1C. The zero-order chi connectivity index (χ0) is 27.2. The van der Waals surface area contributed by atoms with E-state index in [1.165, 1.54) is 11.3 Å². The topological polar surface area (TPSA) is 99.7 Å². The molecule has 2 aromatic heterocycles. The normalized spacial score (nSPS) is 15.8. The molecule has 0 bridgehead atoms. The smallest absolute Gasteiger partial charge is 0.266 e. The average molecular weight is 547 g/mol. The molecular weight excluding hydrogens is 512 g/mol. The Morgan fingerprint density at radius 2 is 2.13 bits per heavy atom. The van der Waals surface area contributed by atoms with Crippen LogP contribution in [-0.4, -0.2) is 65.6 Å². The number of benzene rings is 2. The van der Waals surface area contributed by atoms with Crippen molar-refractivity contribution >= 4 is 46.0 Å². The van der Waals surface area contributed by atoms with Crippen LogP contribution in [0.2, 0.25) is 0 Å². The molecule has 0 aliphatic carbocycles. The lowest BCUT2D eigenvalue weighted by Crippen LogP contribution is -2.33. The number of carbonyl (C=O) groups is 1. The molecule has 0 radical (unpaired) electrons. The maximum absolute atomic E-state index is 13.2. The molecule has 1 unspecified atom stereocenters. The number of nitrogens with zero attached hydrogens (tertiary/aromatic N) is 2. The number of anilines is 1. The predicted molar refractivity (Wildman–Crippen MR) is 157 cm³/mol. The molecule has 204 valence electrons. The number of hydrogen-bond acceptors (Lipinski definition) is 7. The Balaban J connectivity index is 1.39. The van der Waals surface area contributed by atoms with Crippen molar-refractivity contribution in [1.29, 1.82) is 0 Å². The van der Waals surface area contributed by atoms with E-state index in [0.29, 0.717) is 28.7 Å². The van der Waals surface area contributed by atoms with Gasteiger partial charge < -0.3 is 19.9 Å². The van der Waals surface area contributed by atoms with E-state index in [2.05, 4.69) is 20.4 Å². The highest BCUT2D eigenvalue weighted by Gasteiger charge is 2.23. The van der Waals surface area contributed by atoms with Gasteiger partial charge >= 0.3 is 0 Å². The Labute approximate surface area is 232 Å². The summed E-state index contributed by atoms with van der Waals surface area (Å²) in [6, 6.07) is 13.9. The van der Waals surface area contributed by atoms with Crippen molar-refractivity contribution in [3.8, 4) is 11.5 Å². The Morgan fingerprint density at radius 1 is 1.26 bits per heavy atom. The summed E-state index contributed by atoms with van der Waals surface area (Å²) in [4.78, 5) is 16.2. The number of fused-ring (bicyclic) bond motifs is 1. The summed E-state index contributed by atoms with van der Waals surface area (Å²) in [6.45, 7) is 4.50. The van der Waals surface area contributed by atoms with Crippen LogP contribution in [0, 0.1) is 6.92 Å². The first-order chi connectivity index (χ1) is 19.1. The molecule has 1 amide bonds. The monoisotopic (exact) mass is 546 g/mol. The van der Waals surface area contributed by atoms with E-state index < -0.39 is 0 Å². The Bertz CT molecular complexity index is 1460. The van der Waals surface area contributed by atoms with Crippen LogP contribution in [0.3, 0.4) is 0 Å². The molecule has 1 aliphatic rings. The highest BCUT2D eigenvalue weighted by molar-refractivity contribution is 7.12. The van der Waals surface area contributed by atoms with Gasteiger partial charge in [0.1, 0.15) is 0 Å². The van der Waals surface area contributed by atoms with Crippen molar-refractivity contribution in [2.75, 3.05) is 38.7 Å². The third-order valence-corrected chi connectivity index (χ3v) is 8.16. The van der Waals surface area contributed by atoms with Crippen molar-refractivity contribution < 1.29 is 19.4 Å². The van der Waals surface area contributed by atoms with E-state index in [9.17, 15) is 9.90 Å². The molecule has 3 N–H and O–H groups in total. The Hall–Kier alpha value is -3.66. The van der Waals surface area contributed by atoms with Gasteiger partial charge in [0.15, 0.2) is 11.5 Å². The van der Waals surface area contributed by atoms with Crippen LogP contribution >= 0.6 is 11.3 Å². The van der Waals surface area contributed by atoms with Gasteiger partial charge in [-0.3, -0.25) is 14.8 Å². The minimum absolute atomic E-state index is 0.193. The zero-order valence-electron chi connectivity index (χ0n) is 22.3. The minimum Gasteiger partial charge on any atom is -0.491 e. The number of ether oxygens (including phenoxy) is 2. The number of aryl methyl sites for hydroxylation is 1. The summed E-state index contributed by atoms with van der Waals surface area (Å²) in [5, 5.41) is 23.1. The third kappa shape index (κ3) is 6.00. The van der Waals surface area contributed by atoms with Crippen molar-refractivity contribution in [3.63, 3.8) is 0 Å². The number of likely N-dealkylation sites (tertiary alicyclic amines) is 1. The lowest BCUT2D eigenvalue weighted by molar-refractivity contribution is 0.102. The molecule has 9 heteroatoms. The minimum atomic E-state index is -0.193. The molecule has 1 atom stereocenters. The number of amides is 1. The number of rotatable bonds is 11. The molecule has 1 fully saturated rings. The van der Waals surface area contributed by atoms with Crippen molar-refractivity contribution in [2.45, 2.75) is 32.2 Å². The first kappa shape index (κ1) is 26.9. The maximum Gasteiger partial charge on any atom is 0.266 e. The largest absolute Gasteiger partial charge is 0.491 e. The van der Waals surface area contributed by atoms with E-state index in [4.69, 9.17) is 9.47 Å². The fourth-order valence-electron chi connectivity index (χ4n) is 5.07. The van der Waals surface area contributed by atoms with Crippen molar-refractivity contribution in [2.24, 2.45) is 0 Å². The van der Waals surface area contributed by atoms with E-state index >= 15 is 0 Å². The molecule has 2 aromatic carbocycles. The molecule has 39 heavy (non-hydrogen) atoms. The number of methoxy groups -OCH3 is 1. The Kier molecular flexibility index (Phi) is 8.61. The molecule has 1 saturated heterocycles. The number of aromatic amines is 1. The number of carbonyl (C=O) groups excluding carboxylic acids is 1. The van der Waals surface area contributed by atoms with Crippen LogP contribution in [0.25, 0.3) is 23.1 Å². The van der Waals surface area contributed by atoms with E-state index in [1.807, 2.05) is 66.9 Å². The van der Waals surface area contributed by atoms with Gasteiger partial charge in [-0.15, -0.1) is 11.3 Å². The lowest BCUT2D eigenvalue weighted by atomic mass is 10.1. The van der Waals surface area contributed by atoms with Crippen LogP contribution in [-0.2, 0) is 0 Å². The number of H-pyrrole nitrogens is 1. The van der Waals surface area contributed by atoms with Gasteiger partial charge in [-0.25, -0.2) is 0 Å². The second-order valence-corrected chi connectivity index (χ2v) is 10.6. The molecular formula is C30H34N4O4S. The molecule has 3 heterocycles. The molecule has 4 aromatic rings. The summed E-state index contributed by atoms with van der Waals surface area (Å²) >= 11 is 1.41. The number of aliphatic hydroxyl groups excluding tert-OH is 1. The first-order valence-corrected chi connectivity index (χ1v) is 14.1. The second-order valence-electron chi connectivity index (χ2n) is 9.65. The van der Waals surface area contributed by atoms with Gasteiger partial charge in [0, 0.05) is 23.5 Å². The highest BCUT2D eigenvalue weighted by atomic mass is 32.1. The van der Waals surface area contributed by atoms with Gasteiger partial charge in [-0.2, -0.15) is 5.10 Å². The standard InChI is InChI=1S/C30H34N4O4S/c1-20-14-18-39-29(20)30(36)31-27-21(10-12-25-23-8-3-4-9-24(23)32-33-25)11-13-26(28(27)37-2)38-17-6-16-34-15-5-7-22(34)19-35/h3-4,8-14,18,22,35H,5-7,15-17,19H2,1-2H3,(H,31,36)(H,32,33)/b12-10+. The summed E-state index contributed by atoms with van der Waals surface area (Å²) in [7, 11) is 1.58. The van der Waals surface area contributed by atoms with Crippen molar-refractivity contribution in [1.82, 2.24) is 15.1 Å². The average Bonchev–Trinajstić information content (AvgIpc) is 3.70. The first-order valence-electron chi connectivity index (χ1n) is 13.2. The van der Waals surface area contributed by atoms with Gasteiger partial charge in [0.25, 0.3) is 5.91 Å². The second kappa shape index (κ2) is 12.5. The third-order valence-electron chi connectivity index (χ3n) is 7.14. The van der Waals surface area contributed by atoms with Crippen LogP contribution in [0.1, 0.15) is 45.8 Å². The number of aromatic nitrogens is 2. The predicted octanol–water partition coefficient (Wildman–Crippen LogP) is 5.59. The van der Waals surface area contributed by atoms with Gasteiger partial charge in [0.05, 0.1) is 42.1 Å². The summed E-state index contributed by atoms with van der Waals surface area (Å²) in [5.41, 5.74) is 4.01. The Morgan fingerprint density at radius 3 is 2.92 bits per heavy atom. The van der Waals surface area contributed by atoms with E-state index in [0.717, 1.165) is 60.1 Å². The molecule has 0 saturated carbocycles. The van der Waals surface area contributed by atoms with Crippen molar-refractivity contribution in [3.05, 3.63) is 69.5 Å². The van der Waals surface area contributed by atoms with Gasteiger partial charge in [-0.05, 0) is 74.0 Å². The molecule has 8 nitrogen and oxygen atoms in total. The van der Waals surface area contributed by atoms with Crippen LogP contribution in [0.5, 0.6) is 11.5 Å². The quantitative estimate of drug-likeness (QED) is 0.212. The van der Waals surface area contributed by atoms with Gasteiger partial charge in [0.2, 0.25) is 0 Å². The summed E-state index contributed by atoms with van der Waals surface area (Å²) in [6.07, 6.45) is 6.84. The zero-order valence-corrected chi connectivity index (χ0v) is 23.1. The summed E-state index contributed by atoms with van der Waals surface area (Å²) in [5.74, 6) is 0.848. The fourth-order valence-corrected chi connectivity index (χ4v) is 5.89. The van der Waals surface area contributed by atoms with Crippen LogP contribution < -0.4 is 14.8 Å². The molecule has 0 spiro atoms. The number of thiophene rings is 1. The number of aliphatic hydroxyl groups is 1. The molecule has 5 rings (SSSR count). The lowest BCUT2D eigenvalue weighted by Gasteiger charge is -2.22. The van der Waals surface area contributed by atoms with Crippen LogP contribution in [0.4, 0.5) is 5.69 Å².